The summed E-state index contributed by atoms with van der Waals surface area (Å²) >= 11 is 0. The van der Waals surface area contributed by atoms with E-state index in [0.29, 0.717) is 32.0 Å². The predicted octanol–water partition coefficient (Wildman–Crippen LogP) is 2.01. The van der Waals surface area contributed by atoms with Crippen LogP contribution in [0.15, 0.2) is 18.2 Å². The predicted molar refractivity (Wildman–Crippen MR) is 73.9 cm³/mol. The molecule has 5 nitrogen and oxygen atoms in total. The van der Waals surface area contributed by atoms with Gasteiger partial charge in [-0.1, -0.05) is 0 Å². The number of rotatable bonds is 9. The number of anilines is 1. The molecule has 0 unspecified atom stereocenters. The van der Waals surface area contributed by atoms with E-state index in [1.807, 2.05) is 4.90 Å². The second-order valence-electron chi connectivity index (χ2n) is 4.30. The molecular formula is C14H20FNO4. The summed E-state index contributed by atoms with van der Waals surface area (Å²) in [5.41, 5.74) is 0.318. The van der Waals surface area contributed by atoms with Crippen molar-refractivity contribution in [2.75, 3.05) is 45.4 Å². The number of hydrogen-bond donors (Lipinski definition) is 1. The molecule has 1 rings (SSSR count). The Kier molecular flexibility index (Phi) is 6.97. The molecule has 1 aromatic rings. The van der Waals surface area contributed by atoms with Gasteiger partial charge in [-0.15, -0.1) is 0 Å². The molecule has 0 spiro atoms. The maximum absolute atomic E-state index is 14.0. The van der Waals surface area contributed by atoms with E-state index in [-0.39, 0.29) is 5.56 Å². The molecule has 0 aliphatic heterocycles. The standard InChI is InChI=1S/C14H20FNO4/c1-19-8-3-6-16(7-9-20-2)13-5-4-11(14(17)18)10-12(13)15/h4-5,10H,3,6-9H2,1-2H3,(H,17,18). The normalized spacial score (nSPS) is 10.6. The summed E-state index contributed by atoms with van der Waals surface area (Å²) in [6, 6.07) is 3.92. The number of hydrogen-bond acceptors (Lipinski definition) is 4. The van der Waals surface area contributed by atoms with E-state index in [2.05, 4.69) is 0 Å². The van der Waals surface area contributed by atoms with Crippen LogP contribution < -0.4 is 4.90 Å². The maximum Gasteiger partial charge on any atom is 0.335 e. The van der Waals surface area contributed by atoms with Crippen molar-refractivity contribution in [1.82, 2.24) is 0 Å². The van der Waals surface area contributed by atoms with Crippen molar-refractivity contribution < 1.29 is 23.8 Å². The Hall–Kier alpha value is -1.66. The second-order valence-corrected chi connectivity index (χ2v) is 4.30. The zero-order valence-corrected chi connectivity index (χ0v) is 11.8. The van der Waals surface area contributed by atoms with Crippen molar-refractivity contribution in [2.45, 2.75) is 6.42 Å². The molecule has 0 saturated carbocycles. The lowest BCUT2D eigenvalue weighted by molar-refractivity contribution is 0.0696. The lowest BCUT2D eigenvalue weighted by atomic mass is 10.1. The molecule has 1 aromatic carbocycles. The van der Waals surface area contributed by atoms with Crippen LogP contribution in [0.4, 0.5) is 10.1 Å². The average Bonchev–Trinajstić information content (AvgIpc) is 2.43. The molecule has 0 aliphatic rings. The molecule has 0 fully saturated rings. The van der Waals surface area contributed by atoms with E-state index in [9.17, 15) is 9.18 Å². The maximum atomic E-state index is 14.0. The summed E-state index contributed by atoms with van der Waals surface area (Å²) in [7, 11) is 3.19. The first-order valence-corrected chi connectivity index (χ1v) is 6.35. The van der Waals surface area contributed by atoms with Crippen LogP contribution in [0.2, 0.25) is 0 Å². The Balaban J connectivity index is 2.85. The van der Waals surface area contributed by atoms with Gasteiger partial charge >= 0.3 is 5.97 Å². The SMILES string of the molecule is COCCCN(CCOC)c1ccc(C(=O)O)cc1F. The lowest BCUT2D eigenvalue weighted by Crippen LogP contribution is -2.29. The van der Waals surface area contributed by atoms with E-state index in [0.717, 1.165) is 12.5 Å². The quantitative estimate of drug-likeness (QED) is 0.703. The van der Waals surface area contributed by atoms with Gasteiger partial charge in [-0.2, -0.15) is 0 Å². The van der Waals surface area contributed by atoms with Gasteiger partial charge in [0.1, 0.15) is 5.82 Å². The fraction of sp³-hybridized carbons (Fsp3) is 0.500. The number of nitrogens with zero attached hydrogens (tertiary/aromatic N) is 1. The van der Waals surface area contributed by atoms with Gasteiger partial charge in [0, 0.05) is 33.9 Å². The molecule has 0 aliphatic carbocycles. The highest BCUT2D eigenvalue weighted by Gasteiger charge is 2.14. The largest absolute Gasteiger partial charge is 0.478 e. The molecule has 0 saturated heterocycles. The van der Waals surface area contributed by atoms with E-state index < -0.39 is 11.8 Å². The van der Waals surface area contributed by atoms with E-state index in [1.54, 1.807) is 14.2 Å². The zero-order valence-electron chi connectivity index (χ0n) is 11.8. The summed E-state index contributed by atoms with van der Waals surface area (Å²) in [5, 5.41) is 8.84. The van der Waals surface area contributed by atoms with Crippen LogP contribution in [0.25, 0.3) is 0 Å². The molecule has 0 radical (unpaired) electrons. The smallest absolute Gasteiger partial charge is 0.335 e. The lowest BCUT2D eigenvalue weighted by Gasteiger charge is -2.25. The van der Waals surface area contributed by atoms with Gasteiger partial charge in [0.25, 0.3) is 0 Å². The van der Waals surface area contributed by atoms with E-state index in [4.69, 9.17) is 14.6 Å². The van der Waals surface area contributed by atoms with Crippen LogP contribution in [0, 0.1) is 5.82 Å². The van der Waals surface area contributed by atoms with Crippen LogP contribution >= 0.6 is 0 Å². The molecule has 0 bridgehead atoms. The molecule has 0 atom stereocenters. The highest BCUT2D eigenvalue weighted by molar-refractivity contribution is 5.88. The molecule has 1 N–H and O–H groups in total. The van der Waals surface area contributed by atoms with Gasteiger partial charge < -0.3 is 19.5 Å². The van der Waals surface area contributed by atoms with Crippen molar-refractivity contribution in [2.24, 2.45) is 0 Å². The Bertz CT molecular complexity index is 439. The minimum atomic E-state index is -1.14. The number of methoxy groups -OCH3 is 2. The fourth-order valence-corrected chi connectivity index (χ4v) is 1.85. The Morgan fingerprint density at radius 1 is 1.25 bits per heavy atom. The van der Waals surface area contributed by atoms with Crippen LogP contribution in [-0.4, -0.2) is 51.6 Å². The highest BCUT2D eigenvalue weighted by Crippen LogP contribution is 2.21. The van der Waals surface area contributed by atoms with Gasteiger partial charge in [-0.3, -0.25) is 0 Å². The van der Waals surface area contributed by atoms with Crippen molar-refractivity contribution in [1.29, 1.82) is 0 Å². The third-order valence-corrected chi connectivity index (χ3v) is 2.88. The first-order valence-electron chi connectivity index (χ1n) is 6.35. The Morgan fingerprint density at radius 3 is 2.50 bits per heavy atom. The van der Waals surface area contributed by atoms with Crippen molar-refractivity contribution >= 4 is 11.7 Å². The molecule has 0 heterocycles. The third kappa shape index (κ3) is 4.79. The van der Waals surface area contributed by atoms with Crippen LogP contribution in [0.5, 0.6) is 0 Å². The number of halogens is 1. The number of carboxylic acids is 1. The van der Waals surface area contributed by atoms with Gasteiger partial charge in [0.2, 0.25) is 0 Å². The molecule has 0 amide bonds. The zero-order chi connectivity index (χ0) is 15.0. The third-order valence-electron chi connectivity index (χ3n) is 2.88. The summed E-state index contributed by atoms with van der Waals surface area (Å²) in [5.74, 6) is -1.68. The number of aromatic carboxylic acids is 1. The summed E-state index contributed by atoms with van der Waals surface area (Å²) in [4.78, 5) is 12.6. The Labute approximate surface area is 117 Å². The van der Waals surface area contributed by atoms with Crippen LogP contribution in [-0.2, 0) is 9.47 Å². The van der Waals surface area contributed by atoms with E-state index >= 15 is 0 Å². The van der Waals surface area contributed by atoms with Gasteiger partial charge in [0.05, 0.1) is 17.9 Å². The van der Waals surface area contributed by atoms with Crippen molar-refractivity contribution in [3.8, 4) is 0 Å². The van der Waals surface area contributed by atoms with Crippen molar-refractivity contribution in [3.05, 3.63) is 29.6 Å². The van der Waals surface area contributed by atoms with Crippen molar-refractivity contribution in [3.63, 3.8) is 0 Å². The monoisotopic (exact) mass is 285 g/mol. The summed E-state index contributed by atoms with van der Waals surface area (Å²) < 4.78 is 24.0. The number of benzene rings is 1. The Morgan fingerprint density at radius 2 is 1.95 bits per heavy atom. The fourth-order valence-electron chi connectivity index (χ4n) is 1.85. The van der Waals surface area contributed by atoms with E-state index in [1.165, 1.54) is 12.1 Å². The van der Waals surface area contributed by atoms with Crippen LogP contribution in [0.1, 0.15) is 16.8 Å². The minimum Gasteiger partial charge on any atom is -0.478 e. The molecule has 0 aromatic heterocycles. The number of ether oxygens (including phenoxy) is 2. The molecular weight excluding hydrogens is 265 g/mol. The van der Waals surface area contributed by atoms with Gasteiger partial charge in [-0.05, 0) is 24.6 Å². The first kappa shape index (κ1) is 16.4. The second kappa shape index (κ2) is 8.50. The molecule has 6 heteroatoms. The number of carbonyl (C=O) groups is 1. The average molecular weight is 285 g/mol. The van der Waals surface area contributed by atoms with Gasteiger partial charge in [0.15, 0.2) is 0 Å². The topological polar surface area (TPSA) is 59.0 Å². The van der Waals surface area contributed by atoms with Gasteiger partial charge in [-0.25, -0.2) is 9.18 Å². The molecule has 20 heavy (non-hydrogen) atoms. The highest BCUT2D eigenvalue weighted by atomic mass is 19.1. The van der Waals surface area contributed by atoms with Crippen LogP contribution in [0.3, 0.4) is 0 Å². The number of carboxylic acid groups (broad SMARTS) is 1. The molecule has 112 valence electrons. The minimum absolute atomic E-state index is 0.0603. The summed E-state index contributed by atoms with van der Waals surface area (Å²) in [6.07, 6.45) is 0.750. The first-order chi connectivity index (χ1) is 9.60. The summed E-state index contributed by atoms with van der Waals surface area (Å²) in [6.45, 7) is 2.19.